The molecule has 0 aliphatic rings. The number of guanidine groups is 1. The first-order valence-electron chi connectivity index (χ1n) is 9.19. The lowest BCUT2D eigenvalue weighted by atomic mass is 10.1. The van der Waals surface area contributed by atoms with Crippen molar-refractivity contribution in [1.82, 2.24) is 26.6 Å². The Bertz CT molecular complexity index is 706. The number of carbonyl (C=O) groups is 6. The van der Waals surface area contributed by atoms with Crippen LogP contribution in [-0.4, -0.2) is 80.2 Å². The Balaban J connectivity index is 4.70. The Morgan fingerprint density at radius 2 is 1.32 bits per heavy atom. The number of nitrogens with zero attached hydrogens (tertiary/aromatic N) is 1. The van der Waals surface area contributed by atoms with Gasteiger partial charge in [0, 0.05) is 13.5 Å². The number of primary amides is 1. The van der Waals surface area contributed by atoms with E-state index in [1.54, 1.807) is 0 Å². The standard InChI is InChI=1S/C16H29N9O6/c1-9(26)21-6-12(28)23-8-14(30)25-10(3-2-4-20-16(18)19)15(31)24-7-13(29)22-5-11(17)27/h10H,2-8H2,1H3,(H2,17,27)(H,21,26)(H,22,29)(H,23,28)(H,24,31)(H,25,30)(H4,18,19,20)/t10-/m0/s1. The van der Waals surface area contributed by atoms with Crippen molar-refractivity contribution in [2.24, 2.45) is 22.2 Å². The van der Waals surface area contributed by atoms with Crippen LogP contribution in [0.3, 0.4) is 0 Å². The SMILES string of the molecule is CC(=O)NCC(=O)NCC(=O)N[C@@H](CCCN=C(N)N)C(=O)NCC(=O)NCC(N)=O. The minimum atomic E-state index is -1.04. The molecule has 0 aromatic rings. The van der Waals surface area contributed by atoms with Gasteiger partial charge in [0.1, 0.15) is 6.04 Å². The van der Waals surface area contributed by atoms with E-state index in [-0.39, 0.29) is 32.0 Å². The van der Waals surface area contributed by atoms with E-state index in [1.807, 2.05) is 0 Å². The molecule has 0 radical (unpaired) electrons. The fraction of sp³-hybridized carbons (Fsp3) is 0.562. The number of amides is 6. The summed E-state index contributed by atoms with van der Waals surface area (Å²) in [6.07, 6.45) is 0.468. The van der Waals surface area contributed by atoms with Crippen LogP contribution in [0.5, 0.6) is 0 Å². The molecule has 0 unspecified atom stereocenters. The van der Waals surface area contributed by atoms with Gasteiger partial charge in [-0.25, -0.2) is 0 Å². The Morgan fingerprint density at radius 3 is 1.87 bits per heavy atom. The van der Waals surface area contributed by atoms with E-state index < -0.39 is 54.6 Å². The second kappa shape index (κ2) is 15.0. The molecular weight excluding hydrogens is 414 g/mol. The second-order valence-corrected chi connectivity index (χ2v) is 6.22. The molecule has 0 aromatic heterocycles. The van der Waals surface area contributed by atoms with E-state index in [4.69, 9.17) is 17.2 Å². The van der Waals surface area contributed by atoms with Gasteiger partial charge in [0.2, 0.25) is 35.4 Å². The Hall–Kier alpha value is -3.91. The summed E-state index contributed by atoms with van der Waals surface area (Å²) in [6.45, 7) is -0.125. The van der Waals surface area contributed by atoms with Gasteiger partial charge >= 0.3 is 0 Å². The molecule has 0 saturated carbocycles. The molecule has 6 amide bonds. The van der Waals surface area contributed by atoms with Crippen LogP contribution in [0.1, 0.15) is 19.8 Å². The fourth-order valence-electron chi connectivity index (χ4n) is 2.00. The van der Waals surface area contributed by atoms with Crippen LogP contribution in [0.2, 0.25) is 0 Å². The van der Waals surface area contributed by atoms with Crippen LogP contribution in [0.15, 0.2) is 4.99 Å². The predicted molar refractivity (Wildman–Crippen MR) is 109 cm³/mol. The Morgan fingerprint density at radius 1 is 0.774 bits per heavy atom. The van der Waals surface area contributed by atoms with Crippen molar-refractivity contribution < 1.29 is 28.8 Å². The number of hydrogen-bond acceptors (Lipinski definition) is 7. The summed E-state index contributed by atoms with van der Waals surface area (Å²) in [7, 11) is 0. The fourth-order valence-corrected chi connectivity index (χ4v) is 2.00. The molecule has 11 N–H and O–H groups in total. The second-order valence-electron chi connectivity index (χ2n) is 6.22. The van der Waals surface area contributed by atoms with Crippen LogP contribution < -0.4 is 43.8 Å². The van der Waals surface area contributed by atoms with Gasteiger partial charge in [-0.1, -0.05) is 0 Å². The zero-order valence-corrected chi connectivity index (χ0v) is 17.2. The van der Waals surface area contributed by atoms with Crippen molar-refractivity contribution in [3.05, 3.63) is 0 Å². The van der Waals surface area contributed by atoms with Gasteiger partial charge in [0.15, 0.2) is 5.96 Å². The molecule has 0 aliphatic carbocycles. The van der Waals surface area contributed by atoms with Crippen molar-refractivity contribution in [3.8, 4) is 0 Å². The maximum Gasteiger partial charge on any atom is 0.243 e. The predicted octanol–water partition coefficient (Wildman–Crippen LogP) is -5.51. The lowest BCUT2D eigenvalue weighted by Crippen LogP contribution is -2.51. The normalized spacial score (nSPS) is 10.7. The van der Waals surface area contributed by atoms with Gasteiger partial charge in [-0.05, 0) is 12.8 Å². The first-order valence-corrected chi connectivity index (χ1v) is 9.19. The molecule has 31 heavy (non-hydrogen) atoms. The van der Waals surface area contributed by atoms with Crippen molar-refractivity contribution in [2.45, 2.75) is 25.8 Å². The first-order chi connectivity index (χ1) is 14.5. The summed E-state index contributed by atoms with van der Waals surface area (Å²) in [6, 6.07) is -1.04. The van der Waals surface area contributed by atoms with Crippen LogP contribution in [0, 0.1) is 0 Å². The van der Waals surface area contributed by atoms with Crippen LogP contribution in [-0.2, 0) is 28.8 Å². The highest BCUT2D eigenvalue weighted by atomic mass is 16.2. The Kier molecular flexibility index (Phi) is 13.1. The van der Waals surface area contributed by atoms with Gasteiger partial charge < -0.3 is 43.8 Å². The number of nitrogens with two attached hydrogens (primary N) is 3. The van der Waals surface area contributed by atoms with Gasteiger partial charge in [0.25, 0.3) is 0 Å². The van der Waals surface area contributed by atoms with Crippen molar-refractivity contribution >= 4 is 41.4 Å². The summed E-state index contributed by atoms with van der Waals surface area (Å²) < 4.78 is 0. The highest BCUT2D eigenvalue weighted by molar-refractivity contribution is 5.93. The van der Waals surface area contributed by atoms with Crippen LogP contribution in [0.25, 0.3) is 0 Å². The van der Waals surface area contributed by atoms with E-state index >= 15 is 0 Å². The molecule has 15 heteroatoms. The summed E-state index contributed by atoms with van der Waals surface area (Å²) in [5, 5.41) is 11.5. The summed E-state index contributed by atoms with van der Waals surface area (Å²) in [4.78, 5) is 72.7. The van der Waals surface area contributed by atoms with Crippen LogP contribution in [0.4, 0.5) is 0 Å². The van der Waals surface area contributed by atoms with E-state index in [0.717, 1.165) is 0 Å². The van der Waals surface area contributed by atoms with Crippen molar-refractivity contribution in [3.63, 3.8) is 0 Å². The Labute approximate surface area is 178 Å². The molecule has 0 aliphatic heterocycles. The molecule has 15 nitrogen and oxygen atoms in total. The molecule has 1 atom stereocenters. The summed E-state index contributed by atoms with van der Waals surface area (Å²) in [5.74, 6) is -3.86. The maximum absolute atomic E-state index is 12.3. The topological polar surface area (TPSA) is 253 Å². The molecule has 174 valence electrons. The third-order valence-corrected chi connectivity index (χ3v) is 3.42. The number of rotatable bonds is 14. The zero-order valence-electron chi connectivity index (χ0n) is 17.2. The van der Waals surface area contributed by atoms with Crippen molar-refractivity contribution in [2.75, 3.05) is 32.7 Å². The minimum absolute atomic E-state index is 0.127. The number of hydrogen-bond donors (Lipinski definition) is 8. The van der Waals surface area contributed by atoms with E-state index in [0.29, 0.717) is 6.42 Å². The van der Waals surface area contributed by atoms with Gasteiger partial charge in [-0.3, -0.25) is 33.8 Å². The number of nitrogens with one attached hydrogen (secondary N) is 5. The highest BCUT2D eigenvalue weighted by Crippen LogP contribution is 1.99. The van der Waals surface area contributed by atoms with E-state index in [9.17, 15) is 28.8 Å². The molecule has 0 bridgehead atoms. The molecule has 0 aromatic carbocycles. The maximum atomic E-state index is 12.3. The lowest BCUT2D eigenvalue weighted by Gasteiger charge is -2.18. The molecule has 0 rings (SSSR count). The van der Waals surface area contributed by atoms with Gasteiger partial charge in [-0.15, -0.1) is 0 Å². The van der Waals surface area contributed by atoms with Crippen LogP contribution >= 0.6 is 0 Å². The largest absolute Gasteiger partial charge is 0.370 e. The minimum Gasteiger partial charge on any atom is -0.370 e. The first kappa shape index (κ1) is 27.1. The molecule has 0 saturated heterocycles. The summed E-state index contributed by atoms with van der Waals surface area (Å²) >= 11 is 0. The smallest absolute Gasteiger partial charge is 0.243 e. The lowest BCUT2D eigenvalue weighted by molar-refractivity contribution is -0.131. The number of aliphatic imine (C=N–C) groups is 1. The highest BCUT2D eigenvalue weighted by Gasteiger charge is 2.21. The molecule has 0 fully saturated rings. The summed E-state index contributed by atoms with van der Waals surface area (Å²) in [5.41, 5.74) is 15.4. The molecular formula is C16H29N9O6. The van der Waals surface area contributed by atoms with E-state index in [2.05, 4.69) is 31.6 Å². The third-order valence-electron chi connectivity index (χ3n) is 3.42. The molecule has 0 heterocycles. The third kappa shape index (κ3) is 15.7. The number of carbonyl (C=O) groups excluding carboxylic acids is 6. The van der Waals surface area contributed by atoms with Crippen molar-refractivity contribution in [1.29, 1.82) is 0 Å². The van der Waals surface area contributed by atoms with Gasteiger partial charge in [0.05, 0.1) is 26.2 Å². The van der Waals surface area contributed by atoms with E-state index in [1.165, 1.54) is 6.92 Å². The average Bonchev–Trinajstić information content (AvgIpc) is 2.69. The molecule has 0 spiro atoms. The average molecular weight is 443 g/mol. The quantitative estimate of drug-likeness (QED) is 0.0728. The van der Waals surface area contributed by atoms with Gasteiger partial charge in [-0.2, -0.15) is 0 Å². The monoisotopic (exact) mass is 443 g/mol. The zero-order chi connectivity index (χ0) is 23.8.